The summed E-state index contributed by atoms with van der Waals surface area (Å²) in [5, 5.41) is 7.36. The molecule has 2 N–H and O–H groups in total. The van der Waals surface area contributed by atoms with Crippen LogP contribution < -0.4 is 5.32 Å². The highest BCUT2D eigenvalue weighted by Gasteiger charge is 2.26. The van der Waals surface area contributed by atoms with Crippen LogP contribution in [-0.2, 0) is 16.0 Å². The van der Waals surface area contributed by atoms with Crippen molar-refractivity contribution in [1.82, 2.24) is 24.6 Å². The number of hydrogen-bond acceptors (Lipinski definition) is 4. The zero-order valence-electron chi connectivity index (χ0n) is 18.5. The summed E-state index contributed by atoms with van der Waals surface area (Å²) in [5.74, 6) is 1.45. The minimum absolute atomic E-state index is 0.0114. The van der Waals surface area contributed by atoms with E-state index in [2.05, 4.69) is 20.4 Å². The molecule has 32 heavy (non-hydrogen) atoms. The lowest BCUT2D eigenvalue weighted by atomic mass is 10.0. The van der Waals surface area contributed by atoms with E-state index in [4.69, 9.17) is 0 Å². The van der Waals surface area contributed by atoms with Crippen LogP contribution in [0.25, 0.3) is 11.0 Å². The summed E-state index contributed by atoms with van der Waals surface area (Å²) < 4.78 is 15.2. The first-order valence-electron chi connectivity index (χ1n) is 11.1. The Morgan fingerprint density at radius 3 is 2.78 bits per heavy atom. The first-order valence-corrected chi connectivity index (χ1v) is 11.1. The van der Waals surface area contributed by atoms with Crippen LogP contribution in [0.4, 0.5) is 10.2 Å². The van der Waals surface area contributed by atoms with E-state index in [9.17, 15) is 14.0 Å². The van der Waals surface area contributed by atoms with Gasteiger partial charge in [0.05, 0.1) is 23.3 Å². The molecule has 1 aromatic carbocycles. The van der Waals surface area contributed by atoms with Gasteiger partial charge in [-0.05, 0) is 37.0 Å². The number of aryl methyl sites for hydroxylation is 1. The van der Waals surface area contributed by atoms with Crippen LogP contribution in [0.5, 0.6) is 0 Å². The molecule has 1 saturated heterocycles. The molecule has 0 spiro atoms. The monoisotopic (exact) mass is 440 g/mol. The highest BCUT2D eigenvalue weighted by atomic mass is 19.1. The molecule has 2 amide bonds. The Labute approximate surface area is 186 Å². The van der Waals surface area contributed by atoms with Crippen molar-refractivity contribution in [3.05, 3.63) is 42.1 Å². The van der Waals surface area contributed by atoms with E-state index in [1.165, 1.54) is 12.1 Å². The minimum atomic E-state index is -0.313. The summed E-state index contributed by atoms with van der Waals surface area (Å²) in [7, 11) is 0. The Kier molecular flexibility index (Phi) is 6.53. The van der Waals surface area contributed by atoms with Gasteiger partial charge in [-0.2, -0.15) is 5.10 Å². The van der Waals surface area contributed by atoms with Crippen LogP contribution in [0, 0.1) is 11.7 Å². The third-order valence-electron chi connectivity index (χ3n) is 5.76. The highest BCUT2D eigenvalue weighted by Crippen LogP contribution is 2.26. The second-order valence-electron chi connectivity index (χ2n) is 8.76. The molecular formula is C23H29FN6O2. The number of likely N-dealkylation sites (tertiary alicyclic amines) is 1. The molecule has 0 bridgehead atoms. The summed E-state index contributed by atoms with van der Waals surface area (Å²) in [6.45, 7) is 5.32. The smallest absolute Gasteiger partial charge is 0.225 e. The van der Waals surface area contributed by atoms with E-state index in [1.807, 2.05) is 29.5 Å². The molecule has 0 saturated carbocycles. The first-order chi connectivity index (χ1) is 15.4. The van der Waals surface area contributed by atoms with Gasteiger partial charge in [0.1, 0.15) is 17.5 Å². The number of amides is 2. The number of fused-ring (bicyclic) bond motifs is 1. The Bertz CT molecular complexity index is 1100. The highest BCUT2D eigenvalue weighted by molar-refractivity contribution is 5.89. The Balaban J connectivity index is 1.28. The molecule has 1 aliphatic heterocycles. The molecule has 2 aromatic heterocycles. The molecule has 8 nitrogen and oxygen atoms in total. The van der Waals surface area contributed by atoms with Gasteiger partial charge in [-0.15, -0.1) is 0 Å². The Hall–Kier alpha value is -3.23. The number of piperidine rings is 1. The molecule has 0 unspecified atom stereocenters. The number of nitrogens with one attached hydrogen (secondary N) is 2. The predicted molar refractivity (Wildman–Crippen MR) is 120 cm³/mol. The van der Waals surface area contributed by atoms with Gasteiger partial charge in [-0.25, -0.2) is 14.1 Å². The fourth-order valence-corrected chi connectivity index (χ4v) is 4.17. The quantitative estimate of drug-likeness (QED) is 0.586. The number of rotatable bonds is 7. The zero-order chi connectivity index (χ0) is 22.7. The third-order valence-corrected chi connectivity index (χ3v) is 5.76. The van der Waals surface area contributed by atoms with E-state index in [0.29, 0.717) is 60.9 Å². The number of imidazole rings is 1. The van der Waals surface area contributed by atoms with Crippen molar-refractivity contribution >= 4 is 28.7 Å². The van der Waals surface area contributed by atoms with Gasteiger partial charge in [0.25, 0.3) is 0 Å². The number of aromatic amines is 1. The van der Waals surface area contributed by atoms with Crippen LogP contribution in [0.2, 0.25) is 0 Å². The average molecular weight is 441 g/mol. The maximum Gasteiger partial charge on any atom is 0.225 e. The summed E-state index contributed by atoms with van der Waals surface area (Å²) in [6, 6.07) is 6.38. The molecule has 3 heterocycles. The molecule has 1 aliphatic rings. The lowest BCUT2D eigenvalue weighted by molar-refractivity contribution is -0.132. The van der Waals surface area contributed by atoms with Gasteiger partial charge < -0.3 is 15.2 Å². The summed E-state index contributed by atoms with van der Waals surface area (Å²) >= 11 is 0. The van der Waals surface area contributed by atoms with E-state index in [0.717, 1.165) is 12.8 Å². The van der Waals surface area contributed by atoms with Crippen LogP contribution in [0.15, 0.2) is 30.5 Å². The van der Waals surface area contributed by atoms with Gasteiger partial charge >= 0.3 is 0 Å². The number of halogens is 1. The van der Waals surface area contributed by atoms with Gasteiger partial charge in [0, 0.05) is 38.4 Å². The number of carbonyl (C=O) groups excluding carboxylic acids is 2. The fraction of sp³-hybridized carbons (Fsp3) is 0.478. The minimum Gasteiger partial charge on any atom is -0.343 e. The first kappa shape index (κ1) is 22.0. The summed E-state index contributed by atoms with van der Waals surface area (Å²) in [4.78, 5) is 34.2. The van der Waals surface area contributed by atoms with Crippen molar-refractivity contribution in [2.75, 3.05) is 18.4 Å². The van der Waals surface area contributed by atoms with E-state index in [1.54, 1.807) is 12.3 Å². The molecule has 3 aromatic rings. The van der Waals surface area contributed by atoms with Gasteiger partial charge in [0.15, 0.2) is 0 Å². The van der Waals surface area contributed by atoms with Crippen molar-refractivity contribution in [1.29, 1.82) is 0 Å². The summed E-state index contributed by atoms with van der Waals surface area (Å²) in [5.41, 5.74) is 1.34. The third kappa shape index (κ3) is 5.15. The van der Waals surface area contributed by atoms with Crippen molar-refractivity contribution in [3.63, 3.8) is 0 Å². The molecule has 0 aliphatic carbocycles. The number of anilines is 1. The molecule has 4 rings (SSSR count). The van der Waals surface area contributed by atoms with E-state index in [-0.39, 0.29) is 23.7 Å². The second-order valence-corrected chi connectivity index (χ2v) is 8.76. The normalized spacial score (nSPS) is 14.9. The number of aromatic nitrogens is 4. The SMILES string of the molecule is CC(C)CC(=O)Nc1ccnn1C1CCN(C(=O)CCc2nc3ccc(F)cc3[nH]2)CC1. The second kappa shape index (κ2) is 9.50. The number of carbonyl (C=O) groups is 2. The van der Waals surface area contributed by atoms with Crippen molar-refractivity contribution < 1.29 is 14.0 Å². The zero-order valence-corrected chi connectivity index (χ0v) is 18.5. The van der Waals surface area contributed by atoms with Crippen molar-refractivity contribution in [2.45, 2.75) is 52.0 Å². The lowest BCUT2D eigenvalue weighted by Gasteiger charge is -2.32. The number of benzene rings is 1. The fourth-order valence-electron chi connectivity index (χ4n) is 4.17. The van der Waals surface area contributed by atoms with Crippen LogP contribution in [0.3, 0.4) is 0 Å². The lowest BCUT2D eigenvalue weighted by Crippen LogP contribution is -2.39. The Morgan fingerprint density at radius 2 is 2.03 bits per heavy atom. The number of nitrogens with zero attached hydrogens (tertiary/aromatic N) is 4. The van der Waals surface area contributed by atoms with Crippen LogP contribution in [0.1, 0.15) is 51.4 Å². The molecule has 1 fully saturated rings. The number of H-pyrrole nitrogens is 1. The van der Waals surface area contributed by atoms with E-state index < -0.39 is 0 Å². The molecule has 170 valence electrons. The van der Waals surface area contributed by atoms with Crippen LogP contribution in [-0.4, -0.2) is 49.6 Å². The largest absolute Gasteiger partial charge is 0.343 e. The van der Waals surface area contributed by atoms with Gasteiger partial charge in [-0.1, -0.05) is 13.8 Å². The maximum absolute atomic E-state index is 13.3. The Morgan fingerprint density at radius 1 is 1.25 bits per heavy atom. The van der Waals surface area contributed by atoms with Crippen molar-refractivity contribution in [3.8, 4) is 0 Å². The van der Waals surface area contributed by atoms with Gasteiger partial charge in [0.2, 0.25) is 11.8 Å². The topological polar surface area (TPSA) is 95.9 Å². The molecule has 0 atom stereocenters. The molecule has 9 heteroatoms. The average Bonchev–Trinajstić information content (AvgIpc) is 3.37. The molecular weight excluding hydrogens is 411 g/mol. The summed E-state index contributed by atoms with van der Waals surface area (Å²) in [6.07, 6.45) is 4.57. The maximum atomic E-state index is 13.3. The van der Waals surface area contributed by atoms with Crippen LogP contribution >= 0.6 is 0 Å². The molecule has 0 radical (unpaired) electrons. The predicted octanol–water partition coefficient (Wildman–Crippen LogP) is 3.68. The standard InChI is InChI=1S/C23H29FN6O2/c1-15(2)13-22(31)28-21-7-10-25-30(21)17-8-11-29(12-9-17)23(32)6-5-20-26-18-4-3-16(24)14-19(18)27-20/h3-4,7,10,14-15,17H,5-6,8-9,11-13H2,1-2H3,(H,26,27)(H,28,31). The van der Waals surface area contributed by atoms with E-state index >= 15 is 0 Å². The number of hydrogen-bond donors (Lipinski definition) is 2. The van der Waals surface area contributed by atoms with Gasteiger partial charge in [-0.3, -0.25) is 9.59 Å². The van der Waals surface area contributed by atoms with Crippen molar-refractivity contribution in [2.24, 2.45) is 5.92 Å².